The van der Waals surface area contributed by atoms with Gasteiger partial charge in [0.15, 0.2) is 0 Å². The number of anilines is 3. The molecule has 0 bridgehead atoms. The van der Waals surface area contributed by atoms with Gasteiger partial charge in [-0.2, -0.15) is 15.0 Å². The van der Waals surface area contributed by atoms with E-state index in [2.05, 4.69) is 41.1 Å². The molecule has 2 aromatic heterocycles. The fourth-order valence-corrected chi connectivity index (χ4v) is 3.56. The van der Waals surface area contributed by atoms with Crippen molar-refractivity contribution in [2.24, 2.45) is 0 Å². The third-order valence-electron chi connectivity index (χ3n) is 3.13. The van der Waals surface area contributed by atoms with Crippen LogP contribution >= 0.6 is 27.3 Å². The number of hydrogen-bond acceptors (Lipinski definition) is 7. The number of nitrogens with two attached hydrogens (primary N) is 1. The molecule has 0 aliphatic carbocycles. The maximum atomic E-state index is 5.77. The maximum Gasteiger partial charge on any atom is 0.231 e. The summed E-state index contributed by atoms with van der Waals surface area (Å²) < 4.78 is 1.09. The first-order valence-electron chi connectivity index (χ1n) is 6.44. The van der Waals surface area contributed by atoms with Crippen LogP contribution < -0.4 is 16.0 Å². The highest BCUT2D eigenvalue weighted by Gasteiger charge is 2.16. The highest BCUT2D eigenvalue weighted by atomic mass is 79.9. The van der Waals surface area contributed by atoms with Crippen LogP contribution in [-0.4, -0.2) is 28.0 Å². The van der Waals surface area contributed by atoms with Gasteiger partial charge < -0.3 is 16.0 Å². The summed E-state index contributed by atoms with van der Waals surface area (Å²) in [4.78, 5) is 16.1. The predicted octanol–water partition coefficient (Wildman–Crippen LogP) is 2.49. The van der Waals surface area contributed by atoms with Crippen LogP contribution in [0.5, 0.6) is 0 Å². The van der Waals surface area contributed by atoms with E-state index in [9.17, 15) is 0 Å². The molecule has 0 atom stereocenters. The largest absolute Gasteiger partial charge is 0.368 e. The molecule has 6 nitrogen and oxygen atoms in total. The molecule has 20 heavy (non-hydrogen) atoms. The Morgan fingerprint density at radius 1 is 1.30 bits per heavy atom. The van der Waals surface area contributed by atoms with Crippen LogP contribution in [0, 0.1) is 0 Å². The molecule has 0 spiro atoms. The Hall–Kier alpha value is -1.41. The second-order valence-corrected chi connectivity index (χ2v) is 6.41. The van der Waals surface area contributed by atoms with Crippen LogP contribution in [0.15, 0.2) is 15.9 Å². The zero-order valence-electron chi connectivity index (χ0n) is 10.8. The van der Waals surface area contributed by atoms with E-state index in [1.54, 1.807) is 11.3 Å². The molecule has 1 fully saturated rings. The molecule has 8 heteroatoms. The topological polar surface area (TPSA) is 80.0 Å². The van der Waals surface area contributed by atoms with E-state index < -0.39 is 0 Å². The van der Waals surface area contributed by atoms with E-state index in [0.717, 1.165) is 17.6 Å². The van der Waals surface area contributed by atoms with Gasteiger partial charge in [0.2, 0.25) is 17.8 Å². The van der Waals surface area contributed by atoms with E-state index in [1.165, 1.54) is 17.7 Å². The zero-order valence-corrected chi connectivity index (χ0v) is 13.2. The van der Waals surface area contributed by atoms with Crippen molar-refractivity contribution < 1.29 is 0 Å². The highest BCUT2D eigenvalue weighted by Crippen LogP contribution is 2.23. The van der Waals surface area contributed by atoms with Crippen molar-refractivity contribution in [3.05, 3.63) is 20.8 Å². The number of thiophene rings is 1. The summed E-state index contributed by atoms with van der Waals surface area (Å²) in [5.41, 5.74) is 5.77. The molecule has 106 valence electrons. The van der Waals surface area contributed by atoms with Crippen molar-refractivity contribution in [1.82, 2.24) is 15.0 Å². The number of aromatic nitrogens is 3. The van der Waals surface area contributed by atoms with Crippen molar-refractivity contribution in [1.29, 1.82) is 0 Å². The van der Waals surface area contributed by atoms with Crippen molar-refractivity contribution in [2.45, 2.75) is 19.4 Å². The van der Waals surface area contributed by atoms with Crippen molar-refractivity contribution in [3.63, 3.8) is 0 Å². The molecule has 3 N–H and O–H groups in total. The molecule has 1 aliphatic rings. The number of hydrogen-bond donors (Lipinski definition) is 2. The Morgan fingerprint density at radius 3 is 2.80 bits per heavy atom. The molecule has 0 aromatic carbocycles. The van der Waals surface area contributed by atoms with Crippen molar-refractivity contribution >= 4 is 45.1 Å². The van der Waals surface area contributed by atoms with E-state index in [0.29, 0.717) is 18.4 Å². The molecule has 1 aliphatic heterocycles. The van der Waals surface area contributed by atoms with Crippen LogP contribution in [0.3, 0.4) is 0 Å². The number of rotatable bonds is 4. The number of nitrogen functional groups attached to an aromatic ring is 1. The van der Waals surface area contributed by atoms with Crippen molar-refractivity contribution in [3.8, 4) is 0 Å². The average Bonchev–Trinajstić information content (AvgIpc) is 3.07. The molecule has 0 radical (unpaired) electrons. The molecular formula is C12H15BrN6S. The van der Waals surface area contributed by atoms with Gasteiger partial charge >= 0.3 is 0 Å². The number of nitrogens with one attached hydrogen (secondary N) is 1. The molecule has 0 unspecified atom stereocenters. The summed E-state index contributed by atoms with van der Waals surface area (Å²) >= 11 is 5.19. The predicted molar refractivity (Wildman–Crippen MR) is 85.0 cm³/mol. The van der Waals surface area contributed by atoms with Crippen molar-refractivity contribution in [2.75, 3.05) is 29.0 Å². The second kappa shape index (κ2) is 5.92. The molecule has 1 saturated heterocycles. The van der Waals surface area contributed by atoms with Gasteiger partial charge in [0.25, 0.3) is 0 Å². The van der Waals surface area contributed by atoms with Crippen LogP contribution in [0.2, 0.25) is 0 Å². The lowest BCUT2D eigenvalue weighted by Crippen LogP contribution is -2.22. The molecule has 0 amide bonds. The second-order valence-electron chi connectivity index (χ2n) is 4.56. The molecule has 0 saturated carbocycles. The quantitative estimate of drug-likeness (QED) is 0.877. The van der Waals surface area contributed by atoms with Gasteiger partial charge in [0.1, 0.15) is 0 Å². The summed E-state index contributed by atoms with van der Waals surface area (Å²) in [5, 5.41) is 5.24. The van der Waals surface area contributed by atoms with Crippen LogP contribution in [0.1, 0.15) is 17.7 Å². The first-order chi connectivity index (χ1) is 9.72. The Kier molecular flexibility index (Phi) is 4.02. The SMILES string of the molecule is Nc1nc(NCc2sccc2Br)nc(N2CCCC2)n1. The van der Waals surface area contributed by atoms with Gasteiger partial charge in [-0.1, -0.05) is 0 Å². The number of nitrogens with zero attached hydrogens (tertiary/aromatic N) is 4. The zero-order chi connectivity index (χ0) is 13.9. The Morgan fingerprint density at radius 2 is 2.10 bits per heavy atom. The highest BCUT2D eigenvalue weighted by molar-refractivity contribution is 9.10. The molecule has 3 heterocycles. The molecule has 3 rings (SSSR count). The summed E-state index contributed by atoms with van der Waals surface area (Å²) in [6, 6.07) is 2.03. The van der Waals surface area contributed by atoms with E-state index >= 15 is 0 Å². The third-order valence-corrected chi connectivity index (χ3v) is 5.05. The lowest BCUT2D eigenvalue weighted by atomic mass is 10.4. The smallest absolute Gasteiger partial charge is 0.231 e. The normalized spacial score (nSPS) is 14.8. The first kappa shape index (κ1) is 13.6. The van der Waals surface area contributed by atoms with Gasteiger partial charge in [-0.15, -0.1) is 11.3 Å². The fraction of sp³-hybridized carbons (Fsp3) is 0.417. The summed E-state index contributed by atoms with van der Waals surface area (Å²) in [5.74, 6) is 1.46. The summed E-state index contributed by atoms with van der Waals surface area (Å²) in [6.07, 6.45) is 2.35. The first-order valence-corrected chi connectivity index (χ1v) is 8.12. The Labute approximate surface area is 129 Å². The van der Waals surface area contributed by atoms with E-state index in [1.807, 2.05) is 11.4 Å². The third kappa shape index (κ3) is 3.01. The minimum atomic E-state index is 0.259. The average molecular weight is 355 g/mol. The van der Waals surface area contributed by atoms with Gasteiger partial charge in [0.05, 0.1) is 6.54 Å². The lowest BCUT2D eigenvalue weighted by Gasteiger charge is -2.15. The molecular weight excluding hydrogens is 340 g/mol. The van der Waals surface area contributed by atoms with Gasteiger partial charge in [-0.25, -0.2) is 0 Å². The Balaban J connectivity index is 1.74. The fourth-order valence-electron chi connectivity index (χ4n) is 2.13. The van der Waals surface area contributed by atoms with Crippen LogP contribution in [0.25, 0.3) is 0 Å². The van der Waals surface area contributed by atoms with Gasteiger partial charge in [-0.3, -0.25) is 0 Å². The summed E-state index contributed by atoms with van der Waals surface area (Å²) in [7, 11) is 0. The van der Waals surface area contributed by atoms with E-state index in [-0.39, 0.29) is 5.95 Å². The Bertz CT molecular complexity index is 595. The van der Waals surface area contributed by atoms with Gasteiger partial charge in [-0.05, 0) is 40.2 Å². The van der Waals surface area contributed by atoms with Gasteiger partial charge in [0, 0.05) is 22.4 Å². The molecule has 2 aromatic rings. The lowest BCUT2D eigenvalue weighted by molar-refractivity contribution is 0.881. The minimum Gasteiger partial charge on any atom is -0.368 e. The number of halogens is 1. The standard InChI is InChI=1S/C12H15BrN6S/c13-8-3-6-20-9(8)7-15-11-16-10(14)17-12(18-11)19-4-1-2-5-19/h3,6H,1-2,4-5,7H2,(H3,14,15,16,17,18). The van der Waals surface area contributed by atoms with E-state index in [4.69, 9.17) is 5.73 Å². The van der Waals surface area contributed by atoms with Crippen LogP contribution in [-0.2, 0) is 6.54 Å². The maximum absolute atomic E-state index is 5.77. The van der Waals surface area contributed by atoms with Crippen LogP contribution in [0.4, 0.5) is 17.8 Å². The minimum absolute atomic E-state index is 0.259. The monoisotopic (exact) mass is 354 g/mol. The summed E-state index contributed by atoms with van der Waals surface area (Å²) in [6.45, 7) is 2.64.